The van der Waals surface area contributed by atoms with Gasteiger partial charge >= 0.3 is 6.03 Å². The normalized spacial score (nSPS) is 22.8. The number of nitrogens with zero attached hydrogens (tertiary/aromatic N) is 2. The summed E-state index contributed by atoms with van der Waals surface area (Å²) in [6, 6.07) is -0.950. The molecule has 86 valence electrons. The van der Waals surface area contributed by atoms with Crippen LogP contribution in [-0.2, 0) is 9.59 Å². The number of carbonyl (C=O) groups is 3. The molecule has 0 radical (unpaired) electrons. The largest absolute Gasteiger partial charge is 0.368 e. The highest BCUT2D eigenvalue weighted by molar-refractivity contribution is 6.20. The molecule has 7 nitrogen and oxygen atoms in total. The number of hydrogen-bond acceptors (Lipinski definition) is 4. The average Bonchev–Trinajstić information content (AvgIpc) is 2.27. The number of rotatable bonds is 2. The van der Waals surface area contributed by atoms with E-state index in [0.717, 1.165) is 6.21 Å². The van der Waals surface area contributed by atoms with Crippen LogP contribution in [0.2, 0.25) is 0 Å². The van der Waals surface area contributed by atoms with Gasteiger partial charge in [-0.1, -0.05) is 6.08 Å². The summed E-state index contributed by atoms with van der Waals surface area (Å²) >= 11 is 0. The Balaban J connectivity index is 3.09. The van der Waals surface area contributed by atoms with Crippen LogP contribution in [0.4, 0.5) is 4.79 Å². The first-order chi connectivity index (χ1) is 7.42. The zero-order chi connectivity index (χ0) is 12.3. The second-order valence-corrected chi connectivity index (χ2v) is 3.41. The zero-order valence-corrected chi connectivity index (χ0v) is 8.71. The standard InChI is InChI=1S/C9H12N4O3/c1-13(8(11)16)7(15)9(6(10)14)3-2-4-12-5-9/h2,4-5H,3H2,1H3,(H2,10,14)(H2,11,16). The summed E-state index contributed by atoms with van der Waals surface area (Å²) in [7, 11) is 1.18. The minimum Gasteiger partial charge on any atom is -0.368 e. The molecule has 1 aliphatic rings. The summed E-state index contributed by atoms with van der Waals surface area (Å²) in [5.74, 6) is -1.64. The van der Waals surface area contributed by atoms with Gasteiger partial charge in [0.1, 0.15) is 0 Å². The fourth-order valence-corrected chi connectivity index (χ4v) is 1.33. The van der Waals surface area contributed by atoms with Crippen LogP contribution in [0.1, 0.15) is 6.42 Å². The smallest absolute Gasteiger partial charge is 0.321 e. The molecule has 1 aliphatic heterocycles. The van der Waals surface area contributed by atoms with Gasteiger partial charge in [-0.2, -0.15) is 0 Å². The van der Waals surface area contributed by atoms with Crippen LogP contribution < -0.4 is 11.5 Å². The quantitative estimate of drug-likeness (QED) is 0.584. The third-order valence-corrected chi connectivity index (χ3v) is 2.38. The topological polar surface area (TPSA) is 119 Å². The van der Waals surface area contributed by atoms with Crippen molar-refractivity contribution >= 4 is 24.1 Å². The van der Waals surface area contributed by atoms with Gasteiger partial charge in [-0.3, -0.25) is 19.5 Å². The molecule has 4 N–H and O–H groups in total. The number of amides is 4. The molecule has 0 bridgehead atoms. The number of nitrogens with two attached hydrogens (primary N) is 2. The van der Waals surface area contributed by atoms with E-state index in [4.69, 9.17) is 11.5 Å². The van der Waals surface area contributed by atoms with Gasteiger partial charge in [0.2, 0.25) is 5.91 Å². The average molecular weight is 224 g/mol. The third-order valence-electron chi connectivity index (χ3n) is 2.38. The molecule has 0 aromatic rings. The van der Waals surface area contributed by atoms with Crippen LogP contribution in [0.15, 0.2) is 17.3 Å². The van der Waals surface area contributed by atoms with Gasteiger partial charge < -0.3 is 11.5 Å². The maximum absolute atomic E-state index is 11.9. The first kappa shape index (κ1) is 11.9. The van der Waals surface area contributed by atoms with Gasteiger partial charge in [-0.15, -0.1) is 0 Å². The van der Waals surface area contributed by atoms with E-state index in [2.05, 4.69) is 4.99 Å². The number of aliphatic imine (C=N–C) groups is 1. The molecule has 7 heteroatoms. The summed E-state index contributed by atoms with van der Waals surface area (Å²) in [5.41, 5.74) is 8.52. The van der Waals surface area contributed by atoms with Gasteiger partial charge in [0.15, 0.2) is 5.41 Å². The summed E-state index contributed by atoms with van der Waals surface area (Å²) in [6.07, 6.45) is 4.18. The van der Waals surface area contributed by atoms with Gasteiger partial charge in [0.05, 0.1) is 0 Å². The molecule has 16 heavy (non-hydrogen) atoms. The Morgan fingerprint density at radius 1 is 1.38 bits per heavy atom. The molecule has 1 heterocycles. The lowest BCUT2D eigenvalue weighted by Crippen LogP contribution is -2.54. The van der Waals surface area contributed by atoms with Crippen LogP contribution in [0.3, 0.4) is 0 Å². The van der Waals surface area contributed by atoms with E-state index < -0.39 is 23.3 Å². The predicted octanol–water partition coefficient (Wildman–Crippen LogP) is -1.02. The second-order valence-electron chi connectivity index (χ2n) is 3.41. The fourth-order valence-electron chi connectivity index (χ4n) is 1.33. The molecule has 4 amide bonds. The van der Waals surface area contributed by atoms with E-state index in [-0.39, 0.29) is 6.42 Å². The van der Waals surface area contributed by atoms with Crippen molar-refractivity contribution in [2.75, 3.05) is 7.05 Å². The van der Waals surface area contributed by atoms with Gasteiger partial charge in [-0.25, -0.2) is 4.79 Å². The molecule has 0 aliphatic carbocycles. The van der Waals surface area contributed by atoms with Crippen molar-refractivity contribution in [3.05, 3.63) is 12.3 Å². The third kappa shape index (κ3) is 1.79. The van der Waals surface area contributed by atoms with Crippen molar-refractivity contribution in [2.45, 2.75) is 6.42 Å². The molecular formula is C9H12N4O3. The zero-order valence-electron chi connectivity index (χ0n) is 8.71. The van der Waals surface area contributed by atoms with Crippen LogP contribution in [0.25, 0.3) is 0 Å². The molecule has 0 saturated heterocycles. The van der Waals surface area contributed by atoms with Crippen molar-refractivity contribution in [3.63, 3.8) is 0 Å². The van der Waals surface area contributed by atoms with Crippen molar-refractivity contribution in [3.8, 4) is 0 Å². The molecule has 0 aromatic heterocycles. The number of hydrogen-bond donors (Lipinski definition) is 2. The van der Waals surface area contributed by atoms with E-state index >= 15 is 0 Å². The highest BCUT2D eigenvalue weighted by Crippen LogP contribution is 2.25. The van der Waals surface area contributed by atoms with Gasteiger partial charge in [0, 0.05) is 19.5 Å². The van der Waals surface area contributed by atoms with E-state index in [1.807, 2.05) is 0 Å². The number of imide groups is 1. The lowest BCUT2D eigenvalue weighted by atomic mass is 9.82. The van der Waals surface area contributed by atoms with Crippen LogP contribution >= 0.6 is 0 Å². The van der Waals surface area contributed by atoms with Crippen molar-refractivity contribution in [1.82, 2.24) is 4.90 Å². The number of urea groups is 1. The Morgan fingerprint density at radius 2 is 2.00 bits per heavy atom. The monoisotopic (exact) mass is 224 g/mol. The molecule has 1 rings (SSSR count). The summed E-state index contributed by atoms with van der Waals surface area (Å²) < 4.78 is 0. The molecule has 0 aromatic carbocycles. The second kappa shape index (κ2) is 4.13. The van der Waals surface area contributed by atoms with Gasteiger partial charge in [-0.05, 0) is 6.42 Å². The van der Waals surface area contributed by atoms with Gasteiger partial charge in [0.25, 0.3) is 5.91 Å². The van der Waals surface area contributed by atoms with Crippen LogP contribution in [0.5, 0.6) is 0 Å². The fraction of sp³-hybridized carbons (Fsp3) is 0.333. The molecule has 1 atom stereocenters. The first-order valence-corrected chi connectivity index (χ1v) is 4.48. The Hall–Kier alpha value is -2.18. The highest BCUT2D eigenvalue weighted by Gasteiger charge is 2.45. The summed E-state index contributed by atoms with van der Waals surface area (Å²) in [5, 5.41) is 0. The lowest BCUT2D eigenvalue weighted by Gasteiger charge is -2.28. The van der Waals surface area contributed by atoms with Crippen molar-refractivity contribution in [1.29, 1.82) is 0 Å². The Bertz CT molecular complexity index is 402. The van der Waals surface area contributed by atoms with E-state index in [1.54, 1.807) is 0 Å². The SMILES string of the molecule is CN(C(N)=O)C(=O)C1(C(N)=O)C=NC=CC1. The molecular weight excluding hydrogens is 212 g/mol. The number of carbonyl (C=O) groups excluding carboxylic acids is 3. The molecule has 0 fully saturated rings. The maximum atomic E-state index is 11.9. The van der Waals surface area contributed by atoms with Crippen molar-refractivity contribution < 1.29 is 14.4 Å². The Morgan fingerprint density at radius 3 is 2.38 bits per heavy atom. The van der Waals surface area contributed by atoms with Crippen molar-refractivity contribution in [2.24, 2.45) is 21.9 Å². The minimum absolute atomic E-state index is 0.0717. The lowest BCUT2D eigenvalue weighted by molar-refractivity contribution is -0.141. The maximum Gasteiger partial charge on any atom is 0.321 e. The molecule has 0 saturated carbocycles. The highest BCUT2D eigenvalue weighted by atomic mass is 16.2. The van der Waals surface area contributed by atoms with E-state index in [1.165, 1.54) is 19.3 Å². The molecule has 1 unspecified atom stereocenters. The Kier molecular flexibility index (Phi) is 3.07. The van der Waals surface area contributed by atoms with E-state index in [0.29, 0.717) is 4.90 Å². The van der Waals surface area contributed by atoms with E-state index in [9.17, 15) is 14.4 Å². The minimum atomic E-state index is -1.61. The number of allylic oxidation sites excluding steroid dienone is 1. The van der Waals surface area contributed by atoms with Crippen LogP contribution in [0, 0.1) is 5.41 Å². The Labute approximate surface area is 91.8 Å². The number of primary amides is 2. The van der Waals surface area contributed by atoms with Crippen LogP contribution in [-0.4, -0.2) is 36.0 Å². The summed E-state index contributed by atoms with van der Waals surface area (Å²) in [4.78, 5) is 38.5. The molecule has 0 spiro atoms. The predicted molar refractivity (Wildman–Crippen MR) is 56.2 cm³/mol. The first-order valence-electron chi connectivity index (χ1n) is 4.48. The summed E-state index contributed by atoms with van der Waals surface area (Å²) in [6.45, 7) is 0.